The van der Waals surface area contributed by atoms with Gasteiger partial charge in [-0.2, -0.15) is 0 Å². The van der Waals surface area contributed by atoms with Crippen LogP contribution in [0.3, 0.4) is 0 Å². The van der Waals surface area contributed by atoms with Gasteiger partial charge in [-0.05, 0) is 44.7 Å². The van der Waals surface area contributed by atoms with Gasteiger partial charge < -0.3 is 16.6 Å². The molecule has 3 nitrogen and oxygen atoms in total. The average molecular weight is 172 g/mol. The van der Waals surface area contributed by atoms with E-state index < -0.39 is 5.60 Å². The standard InChI is InChI=1S/C9H20N2O/c10-5-4-9(12)3-1-2-8(6-9)7-11/h8,12H,1-7,10-11H2. The summed E-state index contributed by atoms with van der Waals surface area (Å²) >= 11 is 0. The van der Waals surface area contributed by atoms with Crippen LogP contribution in [0.2, 0.25) is 0 Å². The Bertz CT molecular complexity index is 136. The van der Waals surface area contributed by atoms with Crippen LogP contribution >= 0.6 is 0 Å². The van der Waals surface area contributed by atoms with Gasteiger partial charge in [0.2, 0.25) is 0 Å². The molecule has 3 heteroatoms. The largest absolute Gasteiger partial charge is 0.390 e. The molecule has 0 saturated heterocycles. The van der Waals surface area contributed by atoms with Gasteiger partial charge in [0.05, 0.1) is 5.60 Å². The highest BCUT2D eigenvalue weighted by Gasteiger charge is 2.32. The Morgan fingerprint density at radius 2 is 2.17 bits per heavy atom. The molecule has 0 heterocycles. The van der Waals surface area contributed by atoms with E-state index in [4.69, 9.17) is 11.5 Å². The lowest BCUT2D eigenvalue weighted by Crippen LogP contribution is -2.39. The molecule has 0 bridgehead atoms. The van der Waals surface area contributed by atoms with Crippen molar-refractivity contribution in [3.05, 3.63) is 0 Å². The van der Waals surface area contributed by atoms with Gasteiger partial charge in [-0.25, -0.2) is 0 Å². The monoisotopic (exact) mass is 172 g/mol. The summed E-state index contributed by atoms with van der Waals surface area (Å²) in [5, 5.41) is 10.0. The minimum absolute atomic E-state index is 0.503. The van der Waals surface area contributed by atoms with Gasteiger partial charge >= 0.3 is 0 Å². The lowest BCUT2D eigenvalue weighted by Gasteiger charge is -2.36. The normalized spacial score (nSPS) is 36.8. The second-order valence-electron chi connectivity index (χ2n) is 3.96. The summed E-state index contributed by atoms with van der Waals surface area (Å²) in [5.41, 5.74) is 10.5. The lowest BCUT2D eigenvalue weighted by atomic mass is 9.76. The van der Waals surface area contributed by atoms with E-state index in [0.717, 1.165) is 25.7 Å². The molecule has 1 rings (SSSR count). The first kappa shape index (κ1) is 9.96. The zero-order chi connectivity index (χ0) is 9.03. The van der Waals surface area contributed by atoms with E-state index in [9.17, 15) is 5.11 Å². The van der Waals surface area contributed by atoms with E-state index in [0.29, 0.717) is 19.0 Å². The van der Waals surface area contributed by atoms with Crippen molar-refractivity contribution < 1.29 is 5.11 Å². The molecule has 0 spiro atoms. The summed E-state index contributed by atoms with van der Waals surface area (Å²) in [5.74, 6) is 0.510. The van der Waals surface area contributed by atoms with Gasteiger partial charge in [0.1, 0.15) is 0 Å². The number of hydrogen-bond acceptors (Lipinski definition) is 3. The van der Waals surface area contributed by atoms with E-state index in [1.807, 2.05) is 0 Å². The van der Waals surface area contributed by atoms with Crippen LogP contribution < -0.4 is 11.5 Å². The Hall–Kier alpha value is -0.120. The molecule has 2 unspecified atom stereocenters. The fourth-order valence-electron chi connectivity index (χ4n) is 2.16. The van der Waals surface area contributed by atoms with Crippen LogP contribution in [0.4, 0.5) is 0 Å². The van der Waals surface area contributed by atoms with Crippen molar-refractivity contribution in [1.29, 1.82) is 0 Å². The van der Waals surface area contributed by atoms with Crippen LogP contribution in [0.15, 0.2) is 0 Å². The summed E-state index contributed by atoms with van der Waals surface area (Å²) in [6.07, 6.45) is 4.74. The minimum atomic E-state index is -0.503. The van der Waals surface area contributed by atoms with Crippen molar-refractivity contribution in [2.45, 2.75) is 37.7 Å². The van der Waals surface area contributed by atoms with Crippen molar-refractivity contribution in [3.8, 4) is 0 Å². The highest BCUT2D eigenvalue weighted by atomic mass is 16.3. The first-order valence-corrected chi connectivity index (χ1v) is 4.83. The maximum atomic E-state index is 10.0. The zero-order valence-electron chi connectivity index (χ0n) is 7.63. The molecule has 0 radical (unpaired) electrons. The van der Waals surface area contributed by atoms with Gasteiger partial charge in [0.15, 0.2) is 0 Å². The van der Waals surface area contributed by atoms with E-state index >= 15 is 0 Å². The van der Waals surface area contributed by atoms with Crippen LogP contribution in [0.1, 0.15) is 32.1 Å². The van der Waals surface area contributed by atoms with Gasteiger partial charge in [-0.15, -0.1) is 0 Å². The van der Waals surface area contributed by atoms with Crippen molar-refractivity contribution in [3.63, 3.8) is 0 Å². The van der Waals surface area contributed by atoms with Crippen LogP contribution in [0, 0.1) is 5.92 Å². The van der Waals surface area contributed by atoms with Gasteiger partial charge in [0.25, 0.3) is 0 Å². The number of hydrogen-bond donors (Lipinski definition) is 3. The van der Waals surface area contributed by atoms with Crippen molar-refractivity contribution in [1.82, 2.24) is 0 Å². The molecule has 0 amide bonds. The SMILES string of the molecule is NCCC1(O)CCCC(CN)C1. The topological polar surface area (TPSA) is 72.3 Å². The maximum absolute atomic E-state index is 10.0. The highest BCUT2D eigenvalue weighted by Crippen LogP contribution is 2.33. The first-order valence-electron chi connectivity index (χ1n) is 4.83. The van der Waals surface area contributed by atoms with E-state index in [2.05, 4.69) is 0 Å². The number of rotatable bonds is 3. The Morgan fingerprint density at radius 3 is 2.75 bits per heavy atom. The molecule has 1 aliphatic carbocycles. The molecule has 72 valence electrons. The molecule has 1 fully saturated rings. The summed E-state index contributed by atoms with van der Waals surface area (Å²) in [7, 11) is 0. The number of nitrogens with two attached hydrogens (primary N) is 2. The molecule has 0 aromatic carbocycles. The molecule has 2 atom stereocenters. The molecule has 0 aromatic heterocycles. The zero-order valence-corrected chi connectivity index (χ0v) is 7.63. The predicted molar refractivity (Wildman–Crippen MR) is 49.6 cm³/mol. The minimum Gasteiger partial charge on any atom is -0.390 e. The quantitative estimate of drug-likeness (QED) is 0.570. The van der Waals surface area contributed by atoms with Gasteiger partial charge in [0, 0.05) is 0 Å². The molecule has 1 saturated carbocycles. The maximum Gasteiger partial charge on any atom is 0.0663 e. The summed E-state index contributed by atoms with van der Waals surface area (Å²) < 4.78 is 0. The first-order chi connectivity index (χ1) is 5.70. The number of aliphatic hydroxyl groups is 1. The lowest BCUT2D eigenvalue weighted by molar-refractivity contribution is -0.0194. The van der Waals surface area contributed by atoms with Crippen molar-refractivity contribution >= 4 is 0 Å². The van der Waals surface area contributed by atoms with E-state index in [1.165, 1.54) is 6.42 Å². The summed E-state index contributed by atoms with van der Waals surface area (Å²) in [6, 6.07) is 0. The predicted octanol–water partition coefficient (Wildman–Crippen LogP) is 0.215. The van der Waals surface area contributed by atoms with Crippen LogP contribution in [0.5, 0.6) is 0 Å². The third kappa shape index (κ3) is 2.44. The Balaban J connectivity index is 2.43. The van der Waals surface area contributed by atoms with Crippen LogP contribution in [0.25, 0.3) is 0 Å². The molecule has 5 N–H and O–H groups in total. The van der Waals surface area contributed by atoms with Crippen LogP contribution in [-0.4, -0.2) is 23.8 Å². The Labute approximate surface area is 74.1 Å². The van der Waals surface area contributed by atoms with Crippen LogP contribution in [-0.2, 0) is 0 Å². The van der Waals surface area contributed by atoms with Gasteiger partial charge in [-0.1, -0.05) is 6.42 Å². The molecular formula is C9H20N2O. The molecule has 12 heavy (non-hydrogen) atoms. The summed E-state index contributed by atoms with van der Waals surface area (Å²) in [4.78, 5) is 0. The third-order valence-corrected chi connectivity index (χ3v) is 2.87. The highest BCUT2D eigenvalue weighted by molar-refractivity contribution is 4.86. The van der Waals surface area contributed by atoms with Crippen molar-refractivity contribution in [2.75, 3.05) is 13.1 Å². The van der Waals surface area contributed by atoms with E-state index in [-0.39, 0.29) is 0 Å². The smallest absolute Gasteiger partial charge is 0.0663 e. The van der Waals surface area contributed by atoms with E-state index in [1.54, 1.807) is 0 Å². The average Bonchev–Trinajstić information content (AvgIpc) is 2.04. The second-order valence-corrected chi connectivity index (χ2v) is 3.96. The molecule has 0 aromatic rings. The Kier molecular flexibility index (Phi) is 3.50. The van der Waals surface area contributed by atoms with Crippen molar-refractivity contribution in [2.24, 2.45) is 17.4 Å². The second kappa shape index (κ2) is 4.21. The molecular weight excluding hydrogens is 152 g/mol. The Morgan fingerprint density at radius 1 is 1.42 bits per heavy atom. The summed E-state index contributed by atoms with van der Waals surface area (Å²) in [6.45, 7) is 1.28. The van der Waals surface area contributed by atoms with Gasteiger partial charge in [-0.3, -0.25) is 0 Å². The fraction of sp³-hybridized carbons (Fsp3) is 1.00. The fourth-order valence-corrected chi connectivity index (χ4v) is 2.16. The molecule has 0 aliphatic heterocycles. The molecule has 1 aliphatic rings. The third-order valence-electron chi connectivity index (χ3n) is 2.87.